The zero-order valence-electron chi connectivity index (χ0n) is 53.5. The molecule has 18 heteroatoms. The van der Waals surface area contributed by atoms with Gasteiger partial charge in [-0.2, -0.15) is 0 Å². The van der Waals surface area contributed by atoms with Crippen LogP contribution in [0.4, 0.5) is 0 Å². The van der Waals surface area contributed by atoms with Crippen molar-refractivity contribution in [3.05, 3.63) is 258 Å². The van der Waals surface area contributed by atoms with Crippen LogP contribution in [0.2, 0.25) is 0 Å². The van der Waals surface area contributed by atoms with Crippen LogP contribution in [-0.2, 0) is 127 Å². The topological polar surface area (TPSA) is 190 Å². The summed E-state index contributed by atoms with van der Waals surface area (Å²) in [5.74, 6) is -1.10. The van der Waals surface area contributed by atoms with Gasteiger partial charge in [-0.15, -0.1) is 6.58 Å². The van der Waals surface area contributed by atoms with Gasteiger partial charge in [-0.1, -0.05) is 200 Å². The second-order valence-electron chi connectivity index (χ2n) is 23.3. The van der Waals surface area contributed by atoms with Crippen LogP contribution in [0.5, 0.6) is 5.75 Å². The molecular weight excluding hydrogens is 1200 g/mol. The van der Waals surface area contributed by atoms with Crippen LogP contribution in [0.3, 0.4) is 0 Å². The number of carbonyl (C=O) groups excluding carboxylic acids is 3. The lowest BCUT2D eigenvalue weighted by Gasteiger charge is -2.51. The number of methoxy groups -OCH3 is 1. The van der Waals surface area contributed by atoms with Crippen molar-refractivity contribution in [1.82, 2.24) is 0 Å². The summed E-state index contributed by atoms with van der Waals surface area (Å²) in [4.78, 5) is 42.2. The zero-order valence-corrected chi connectivity index (χ0v) is 53.5. The van der Waals surface area contributed by atoms with E-state index in [2.05, 4.69) is 6.58 Å². The lowest BCUT2D eigenvalue weighted by atomic mass is 9.95. The van der Waals surface area contributed by atoms with E-state index in [0.717, 1.165) is 38.9 Å². The number of benzene rings is 7. The Morgan fingerprint density at radius 1 is 0.394 bits per heavy atom. The lowest BCUT2D eigenvalue weighted by molar-refractivity contribution is -0.393. The highest BCUT2D eigenvalue weighted by Crippen LogP contribution is 2.40. The normalized spacial score (nSPS) is 26.0. The van der Waals surface area contributed by atoms with E-state index in [-0.39, 0.29) is 71.5 Å². The van der Waals surface area contributed by atoms with Gasteiger partial charge in [-0.3, -0.25) is 4.79 Å². The number of ether oxygens (including phenoxy) is 15. The number of esters is 2. The third-order valence-corrected chi connectivity index (χ3v) is 16.3. The molecule has 0 radical (unpaired) electrons. The number of hydrogen-bond donors (Lipinski definition) is 0. The molecule has 10 rings (SSSR count). The monoisotopic (exact) mass is 1280 g/mol. The highest BCUT2D eigenvalue weighted by molar-refractivity contribution is 5.81. The van der Waals surface area contributed by atoms with E-state index in [4.69, 9.17) is 71.1 Å². The van der Waals surface area contributed by atoms with Crippen LogP contribution in [0, 0.1) is 0 Å². The van der Waals surface area contributed by atoms with E-state index in [9.17, 15) is 9.59 Å². The molecule has 0 spiro atoms. The van der Waals surface area contributed by atoms with Crippen molar-refractivity contribution in [2.24, 2.45) is 0 Å². The van der Waals surface area contributed by atoms with Gasteiger partial charge in [-0.25, -0.2) is 4.79 Å². The van der Waals surface area contributed by atoms with Crippen LogP contribution in [-0.4, -0.2) is 124 Å². The molecule has 0 unspecified atom stereocenters. The molecule has 15 atom stereocenters. The maximum Gasteiger partial charge on any atom is 0.338 e. The summed E-state index contributed by atoms with van der Waals surface area (Å²) in [6, 6.07) is 64.7. The van der Waals surface area contributed by atoms with Crippen molar-refractivity contribution in [2.75, 3.05) is 13.7 Å². The highest BCUT2D eigenvalue weighted by Gasteiger charge is 2.58. The minimum atomic E-state index is -1.59. The van der Waals surface area contributed by atoms with Crippen LogP contribution < -0.4 is 4.74 Å². The molecule has 0 aliphatic carbocycles. The summed E-state index contributed by atoms with van der Waals surface area (Å²) in [6.07, 6.45) is -16.9. The fraction of sp³-hybridized carbons (Fsp3) is 0.382. The number of Topliss-reactive ketones (excluding diaryl/α,β-unsaturated/α-hetero) is 1. The Morgan fingerprint density at radius 3 is 1.17 bits per heavy atom. The van der Waals surface area contributed by atoms with E-state index in [1.165, 1.54) is 6.92 Å². The van der Waals surface area contributed by atoms with Crippen molar-refractivity contribution in [3.63, 3.8) is 0 Å². The van der Waals surface area contributed by atoms with Crippen LogP contribution in [0.15, 0.2) is 219 Å². The number of rotatable bonds is 33. The number of carbonyl (C=O) groups is 3. The van der Waals surface area contributed by atoms with Crippen molar-refractivity contribution < 1.29 is 85.4 Å². The second kappa shape index (κ2) is 35.6. The van der Waals surface area contributed by atoms with E-state index >= 15 is 4.79 Å². The van der Waals surface area contributed by atoms with Crippen molar-refractivity contribution in [1.29, 1.82) is 0 Å². The zero-order chi connectivity index (χ0) is 65.4. The summed E-state index contributed by atoms with van der Waals surface area (Å²) in [6.45, 7) is 9.31. The summed E-state index contributed by atoms with van der Waals surface area (Å²) in [7, 11) is 1.59. The predicted molar refractivity (Wildman–Crippen MR) is 346 cm³/mol. The molecule has 0 bridgehead atoms. The summed E-state index contributed by atoms with van der Waals surface area (Å²) in [5, 5.41) is 0. The average molecular weight is 1290 g/mol. The third kappa shape index (κ3) is 19.7. The summed E-state index contributed by atoms with van der Waals surface area (Å²) < 4.78 is 102. The molecular formula is C76H84O18. The first-order chi connectivity index (χ1) is 46.0. The van der Waals surface area contributed by atoms with Crippen molar-refractivity contribution in [3.8, 4) is 5.75 Å². The number of hydrogen-bond acceptors (Lipinski definition) is 18. The van der Waals surface area contributed by atoms with Crippen LogP contribution in [0.1, 0.15) is 72.6 Å². The molecule has 0 amide bonds. The smallest absolute Gasteiger partial charge is 0.338 e. The molecule has 7 aromatic carbocycles. The quantitative estimate of drug-likeness (QED) is 0.0279. The second-order valence-corrected chi connectivity index (χ2v) is 23.3. The first-order valence-electron chi connectivity index (χ1n) is 31.9. The SMILES string of the molecule is C=CCO[C@@H]1O[C@H](C(=O)OCc2ccccc2)[C@H](O[C@@H]2O[C@@H](C)[C@H](OCc3ccccc3)[C@@H](OCc3ccccc3)[C@H]2O[C@@H]2O[C@@H](C)[C@H](OCc3ccccc3)[C@@H](OCc3ccc(OC)cc3)[C@H]2OC(=O)CCC(C)=O)[C@H](OCc2ccccc2)[C@H]1OCc1ccccc1. The fourth-order valence-electron chi connectivity index (χ4n) is 11.4. The van der Waals surface area contributed by atoms with Gasteiger partial charge < -0.3 is 75.8 Å². The Hall–Kier alpha value is -7.79. The molecule has 3 saturated heterocycles. The van der Waals surface area contributed by atoms with Gasteiger partial charge in [-0.05, 0) is 71.8 Å². The maximum absolute atomic E-state index is 15.3. The molecule has 0 saturated carbocycles. The highest BCUT2D eigenvalue weighted by atomic mass is 16.8. The van der Waals surface area contributed by atoms with Gasteiger partial charge in [0.15, 0.2) is 31.1 Å². The Kier molecular flexibility index (Phi) is 26.2. The fourth-order valence-corrected chi connectivity index (χ4v) is 11.4. The molecule has 7 aromatic rings. The van der Waals surface area contributed by atoms with Gasteiger partial charge in [0.25, 0.3) is 0 Å². The first kappa shape index (κ1) is 69.1. The van der Waals surface area contributed by atoms with Crippen molar-refractivity contribution in [2.45, 2.75) is 172 Å². The summed E-state index contributed by atoms with van der Waals surface area (Å²) >= 11 is 0. The molecule has 3 fully saturated rings. The third-order valence-electron chi connectivity index (χ3n) is 16.3. The molecule has 3 heterocycles. The Morgan fingerprint density at radius 2 is 0.755 bits per heavy atom. The largest absolute Gasteiger partial charge is 0.497 e. The Bertz CT molecular complexity index is 3370. The first-order valence-corrected chi connectivity index (χ1v) is 31.9. The molecule has 496 valence electrons. The van der Waals surface area contributed by atoms with Crippen molar-refractivity contribution >= 4 is 17.7 Å². The standard InChI is InChI=1S/C76H84O18/c1-6-43-81-74-70(87-48-58-33-21-11-22-34-58)67(86-47-57-31-19-10-20-32-57)68(69(93-74)73(79)88-50-59-35-23-12-24-36-59)92-76-72(66(84-46-56-29-17-9-18-30-56)64(53(4)90-76)83-45-55-27-15-8-16-28-55)94-75-71(91-62(78)42-37-51(2)77)65(85-49-60-38-40-61(80-5)41-39-60)63(52(3)89-75)82-44-54-25-13-7-14-26-54/h6-36,38-41,52-53,63-72,74-76H,1,37,42-50H2,2-5H3/t52-,53-,63-,64-,65+,66+,67-,68+,69-,70+,71+,72+,74+,75-,76-/m0/s1. The van der Waals surface area contributed by atoms with E-state index in [1.807, 2.05) is 220 Å². The van der Waals surface area contributed by atoms with Crippen LogP contribution in [0.25, 0.3) is 0 Å². The molecule has 0 aromatic heterocycles. The van der Waals surface area contributed by atoms with Gasteiger partial charge in [0.05, 0.1) is 72.0 Å². The average Bonchev–Trinajstić information content (AvgIpc) is 0.770. The lowest BCUT2D eigenvalue weighted by Crippen LogP contribution is -2.68. The van der Waals surface area contributed by atoms with E-state index in [1.54, 1.807) is 13.2 Å². The molecule has 0 N–H and O–H groups in total. The van der Waals surface area contributed by atoms with E-state index < -0.39 is 104 Å². The van der Waals surface area contributed by atoms with Gasteiger partial charge >= 0.3 is 11.9 Å². The minimum Gasteiger partial charge on any atom is -0.497 e. The molecule has 3 aliphatic heterocycles. The predicted octanol–water partition coefficient (Wildman–Crippen LogP) is 11.7. The number of ketones is 1. The summed E-state index contributed by atoms with van der Waals surface area (Å²) in [5.41, 5.74) is 5.71. The van der Waals surface area contributed by atoms with Gasteiger partial charge in [0.2, 0.25) is 0 Å². The molecule has 94 heavy (non-hydrogen) atoms. The molecule has 18 nitrogen and oxygen atoms in total. The Labute approximate surface area is 550 Å². The van der Waals surface area contributed by atoms with Gasteiger partial charge in [0, 0.05) is 6.42 Å². The minimum absolute atomic E-state index is 0.00576. The molecule has 3 aliphatic rings. The maximum atomic E-state index is 15.3. The van der Waals surface area contributed by atoms with Crippen LogP contribution >= 0.6 is 0 Å². The van der Waals surface area contributed by atoms with E-state index in [0.29, 0.717) is 5.75 Å². The van der Waals surface area contributed by atoms with Gasteiger partial charge in [0.1, 0.15) is 67.0 Å². The Balaban J connectivity index is 1.10.